The smallest absolute Gasteiger partial charge is 0.296 e. The van der Waals surface area contributed by atoms with E-state index in [1.165, 1.54) is 12.1 Å². The van der Waals surface area contributed by atoms with Gasteiger partial charge in [-0.05, 0) is 36.4 Å². The molecule has 2 aromatic rings. The molecule has 0 aliphatic carbocycles. The van der Waals surface area contributed by atoms with Crippen molar-refractivity contribution in [2.75, 3.05) is 22.9 Å². The Bertz CT molecular complexity index is 1030. The van der Waals surface area contributed by atoms with Crippen LogP contribution >= 0.6 is 0 Å². The summed E-state index contributed by atoms with van der Waals surface area (Å²) in [6.45, 7) is 0. The van der Waals surface area contributed by atoms with Crippen LogP contribution in [0.5, 0.6) is 0 Å². The number of benzene rings is 2. The highest BCUT2D eigenvalue weighted by Gasteiger charge is 2.32. The zero-order valence-electron chi connectivity index (χ0n) is 13.1. The normalized spacial score (nSPS) is 13.3. The van der Waals surface area contributed by atoms with Crippen molar-refractivity contribution in [2.45, 2.75) is 0 Å². The summed E-state index contributed by atoms with van der Waals surface area (Å²) in [7, 11) is -10.4. The van der Waals surface area contributed by atoms with Gasteiger partial charge in [0.25, 0.3) is 20.2 Å². The Balaban J connectivity index is 3.09. The van der Waals surface area contributed by atoms with E-state index in [-0.39, 0.29) is 33.9 Å². The second kappa shape index (κ2) is 6.49. The molecule has 0 aliphatic rings. The van der Waals surface area contributed by atoms with E-state index >= 15 is 0 Å². The van der Waals surface area contributed by atoms with Gasteiger partial charge in [0.05, 0.1) is 0 Å². The minimum atomic E-state index is -5.18. The van der Waals surface area contributed by atoms with Gasteiger partial charge in [0.1, 0.15) is 9.81 Å². The number of rotatable bonds is 4. The zero-order valence-corrected chi connectivity index (χ0v) is 14.8. The van der Waals surface area contributed by atoms with E-state index < -0.39 is 30.0 Å². The van der Waals surface area contributed by atoms with Gasteiger partial charge >= 0.3 is 0 Å². The second-order valence-electron chi connectivity index (χ2n) is 5.30. The predicted octanol–water partition coefficient (Wildman–Crippen LogP) is 0.617. The van der Waals surface area contributed by atoms with Crippen LogP contribution in [0, 0.1) is 0 Å². The highest BCUT2D eigenvalue weighted by molar-refractivity contribution is 8.01. The van der Waals surface area contributed by atoms with Crippen molar-refractivity contribution >= 4 is 52.8 Å². The highest BCUT2D eigenvalue weighted by Crippen LogP contribution is 2.39. The summed E-state index contributed by atoms with van der Waals surface area (Å²) < 4.78 is 67.2. The van der Waals surface area contributed by atoms with E-state index in [2.05, 4.69) is 0 Å². The topological polar surface area (TPSA) is 213 Å². The summed E-state index contributed by atoms with van der Waals surface area (Å²) in [4.78, 5) is -2.29. The Labute approximate surface area is 149 Å². The SMILES string of the molecule is Nc1ccc(C(=C(c2ccc(N)cc2N)S(=O)(=O)O)S(=O)(=O)O)c(N)c1. The van der Waals surface area contributed by atoms with Crippen molar-refractivity contribution in [1.29, 1.82) is 0 Å². The average molecular weight is 400 g/mol. The lowest BCUT2D eigenvalue weighted by Crippen LogP contribution is -2.13. The van der Waals surface area contributed by atoms with Gasteiger partial charge in [0, 0.05) is 33.9 Å². The Morgan fingerprint density at radius 1 is 0.654 bits per heavy atom. The van der Waals surface area contributed by atoms with Crippen molar-refractivity contribution in [3.63, 3.8) is 0 Å². The van der Waals surface area contributed by atoms with E-state index in [9.17, 15) is 25.9 Å². The highest BCUT2D eigenvalue weighted by atomic mass is 32.2. The molecule has 12 heteroatoms. The third-order valence-electron chi connectivity index (χ3n) is 3.36. The minimum absolute atomic E-state index is 0.168. The fourth-order valence-corrected chi connectivity index (χ4v) is 4.58. The summed E-state index contributed by atoms with van der Waals surface area (Å²) in [5.41, 5.74) is 21.6. The predicted molar refractivity (Wildman–Crippen MR) is 100 cm³/mol. The molecule has 0 aliphatic heterocycles. The molecule has 0 saturated carbocycles. The van der Waals surface area contributed by atoms with Crippen LogP contribution in [-0.2, 0) is 20.2 Å². The molecule has 0 fully saturated rings. The molecular weight excluding hydrogens is 384 g/mol. The van der Waals surface area contributed by atoms with Crippen LogP contribution in [-0.4, -0.2) is 25.9 Å². The van der Waals surface area contributed by atoms with Crippen LogP contribution in [0.4, 0.5) is 22.7 Å². The average Bonchev–Trinajstić information content (AvgIpc) is 2.44. The number of anilines is 4. The molecule has 0 unspecified atom stereocenters. The van der Waals surface area contributed by atoms with E-state index in [0.717, 1.165) is 24.3 Å². The number of hydrogen-bond donors (Lipinski definition) is 6. The van der Waals surface area contributed by atoms with Gasteiger partial charge in [-0.1, -0.05) is 0 Å². The number of nitrogen functional groups attached to an aromatic ring is 4. The molecule has 2 aromatic carbocycles. The van der Waals surface area contributed by atoms with Crippen LogP contribution in [0.25, 0.3) is 9.81 Å². The van der Waals surface area contributed by atoms with Crippen molar-refractivity contribution in [3.8, 4) is 0 Å². The van der Waals surface area contributed by atoms with Crippen molar-refractivity contribution in [2.24, 2.45) is 0 Å². The molecule has 0 bridgehead atoms. The van der Waals surface area contributed by atoms with Gasteiger partial charge in [-0.3, -0.25) is 9.11 Å². The second-order valence-corrected chi connectivity index (χ2v) is 8.02. The van der Waals surface area contributed by atoms with Crippen LogP contribution in [0.15, 0.2) is 36.4 Å². The quantitative estimate of drug-likeness (QED) is 0.239. The molecule has 0 saturated heterocycles. The van der Waals surface area contributed by atoms with Gasteiger partial charge in [-0.2, -0.15) is 16.8 Å². The molecular formula is C14H16N4O6S2. The number of hydrogen-bond acceptors (Lipinski definition) is 8. The summed E-state index contributed by atoms with van der Waals surface area (Å²) in [5, 5.41) is 0. The third-order valence-corrected chi connectivity index (χ3v) is 5.37. The van der Waals surface area contributed by atoms with E-state index in [0.29, 0.717) is 0 Å². The first-order valence-electron chi connectivity index (χ1n) is 6.82. The van der Waals surface area contributed by atoms with Gasteiger partial charge in [-0.15, -0.1) is 0 Å². The zero-order chi connectivity index (χ0) is 19.9. The maximum absolute atomic E-state index is 12.0. The molecule has 0 aromatic heterocycles. The standard InChI is InChI=1S/C14H16N4O6S2/c15-7-1-3-9(11(17)5-7)13(25(19,20)21)14(26(22,23)24)10-4-2-8(16)6-12(10)18/h1-6H,15-18H2,(H,19,20,21)(H,22,23,24). The van der Waals surface area contributed by atoms with Crippen LogP contribution in [0.2, 0.25) is 0 Å². The third kappa shape index (κ3) is 3.88. The summed E-state index contributed by atoms with van der Waals surface area (Å²) in [5.74, 6) is 0. The maximum Gasteiger partial charge on any atom is 0.296 e. The Kier molecular flexibility index (Phi) is 4.88. The molecule has 140 valence electrons. The van der Waals surface area contributed by atoms with Gasteiger partial charge in [-0.25, -0.2) is 0 Å². The van der Waals surface area contributed by atoms with Crippen LogP contribution in [0.1, 0.15) is 11.1 Å². The number of nitrogens with two attached hydrogens (primary N) is 4. The fraction of sp³-hybridized carbons (Fsp3) is 0. The Morgan fingerprint density at radius 3 is 1.19 bits per heavy atom. The Morgan fingerprint density at radius 2 is 0.962 bits per heavy atom. The molecule has 0 radical (unpaired) electrons. The molecule has 0 spiro atoms. The van der Waals surface area contributed by atoms with Crippen molar-refractivity contribution in [3.05, 3.63) is 47.5 Å². The van der Waals surface area contributed by atoms with Gasteiger partial charge < -0.3 is 22.9 Å². The molecule has 0 amide bonds. The summed E-state index contributed by atoms with van der Waals surface area (Å²) in [6, 6.07) is 6.98. The lowest BCUT2D eigenvalue weighted by Gasteiger charge is -2.15. The Hall–Kier alpha value is -2.80. The first-order valence-corrected chi connectivity index (χ1v) is 9.70. The molecule has 0 atom stereocenters. The summed E-state index contributed by atoms with van der Waals surface area (Å²) >= 11 is 0. The molecule has 10 N–H and O–H groups in total. The first-order chi connectivity index (χ1) is 11.8. The van der Waals surface area contributed by atoms with Crippen molar-refractivity contribution < 1.29 is 25.9 Å². The summed E-state index contributed by atoms with van der Waals surface area (Å²) in [6.07, 6.45) is 0. The molecule has 10 nitrogen and oxygen atoms in total. The minimum Gasteiger partial charge on any atom is -0.399 e. The van der Waals surface area contributed by atoms with E-state index in [1.807, 2.05) is 0 Å². The molecule has 0 heterocycles. The molecule has 26 heavy (non-hydrogen) atoms. The lowest BCUT2D eigenvalue weighted by atomic mass is 10.1. The largest absolute Gasteiger partial charge is 0.399 e. The molecule has 2 rings (SSSR count). The van der Waals surface area contributed by atoms with E-state index in [4.69, 9.17) is 22.9 Å². The maximum atomic E-state index is 12.0. The van der Waals surface area contributed by atoms with Crippen molar-refractivity contribution in [1.82, 2.24) is 0 Å². The lowest BCUT2D eigenvalue weighted by molar-refractivity contribution is 0.491. The van der Waals surface area contributed by atoms with Gasteiger partial charge in [0.15, 0.2) is 0 Å². The van der Waals surface area contributed by atoms with Crippen LogP contribution in [0.3, 0.4) is 0 Å². The van der Waals surface area contributed by atoms with Crippen LogP contribution < -0.4 is 22.9 Å². The monoisotopic (exact) mass is 400 g/mol. The van der Waals surface area contributed by atoms with Gasteiger partial charge in [0.2, 0.25) is 0 Å². The fourth-order valence-electron chi connectivity index (χ4n) is 2.33. The van der Waals surface area contributed by atoms with E-state index in [1.54, 1.807) is 0 Å². The first kappa shape index (κ1) is 19.5.